The lowest BCUT2D eigenvalue weighted by Gasteiger charge is -2.16. The number of rotatable bonds is 31. The van der Waals surface area contributed by atoms with Crippen molar-refractivity contribution in [1.29, 1.82) is 0 Å². The van der Waals surface area contributed by atoms with E-state index < -0.39 is 47.9 Å². The van der Waals surface area contributed by atoms with Crippen LogP contribution in [0.2, 0.25) is 0 Å². The Morgan fingerprint density at radius 3 is 1.51 bits per heavy atom. The van der Waals surface area contributed by atoms with E-state index in [1.54, 1.807) is 0 Å². The number of hydrogen-bond acceptors (Lipinski definition) is 12. The molecule has 0 bridgehead atoms. The number of aliphatic hydroxyl groups excluding tert-OH is 4. The van der Waals surface area contributed by atoms with E-state index in [4.69, 9.17) is 14.6 Å². The number of aliphatic carboxylic acids is 1. The number of Topliss-reactive ketones (excluding diaryl/α,β-unsaturated/α-hetero) is 2. The largest absolute Gasteiger partial charge is 0.481 e. The predicted molar refractivity (Wildman–Crippen MR) is 165 cm³/mol. The van der Waals surface area contributed by atoms with Crippen LogP contribution in [-0.4, -0.2) is 106 Å². The maximum atomic E-state index is 12.2. The monoisotopic (exact) mass is 647 g/mol. The van der Waals surface area contributed by atoms with Crippen molar-refractivity contribution in [1.82, 2.24) is 5.32 Å². The molecule has 0 aromatic rings. The van der Waals surface area contributed by atoms with Crippen molar-refractivity contribution in [2.24, 2.45) is 0 Å². The van der Waals surface area contributed by atoms with Crippen molar-refractivity contribution in [2.75, 3.05) is 26.3 Å². The highest BCUT2D eigenvalue weighted by Gasteiger charge is 2.24. The van der Waals surface area contributed by atoms with Gasteiger partial charge in [-0.05, 0) is 70.9 Å². The summed E-state index contributed by atoms with van der Waals surface area (Å²) >= 11 is 0. The SMILES string of the molecule is CCCCCCCCCOC(=O)CCCOC(=O)CCCC(O)C(=O)C(O)CCNCCC(O)C(=O)C(O)CCCCC(=O)O. The summed E-state index contributed by atoms with van der Waals surface area (Å²) in [7, 11) is 0. The van der Waals surface area contributed by atoms with Gasteiger partial charge in [-0.1, -0.05) is 45.4 Å². The molecule has 0 radical (unpaired) electrons. The van der Waals surface area contributed by atoms with Crippen LogP contribution in [0.5, 0.6) is 0 Å². The van der Waals surface area contributed by atoms with E-state index in [-0.39, 0.29) is 77.0 Å². The van der Waals surface area contributed by atoms with Gasteiger partial charge in [0.1, 0.15) is 24.4 Å². The summed E-state index contributed by atoms with van der Waals surface area (Å²) in [4.78, 5) is 58.3. The number of carbonyl (C=O) groups is 5. The molecular weight excluding hydrogens is 590 g/mol. The molecule has 4 unspecified atom stereocenters. The summed E-state index contributed by atoms with van der Waals surface area (Å²) < 4.78 is 10.3. The third-order valence-electron chi connectivity index (χ3n) is 7.28. The van der Waals surface area contributed by atoms with Crippen molar-refractivity contribution in [3.05, 3.63) is 0 Å². The van der Waals surface area contributed by atoms with Crippen LogP contribution >= 0.6 is 0 Å². The van der Waals surface area contributed by atoms with Crippen LogP contribution in [0.4, 0.5) is 0 Å². The second-order valence-electron chi connectivity index (χ2n) is 11.4. The molecule has 0 amide bonds. The first-order chi connectivity index (χ1) is 21.5. The van der Waals surface area contributed by atoms with Crippen molar-refractivity contribution in [3.8, 4) is 0 Å². The first-order valence-electron chi connectivity index (χ1n) is 16.5. The highest BCUT2D eigenvalue weighted by atomic mass is 16.5. The molecule has 4 atom stereocenters. The Morgan fingerprint density at radius 2 is 0.978 bits per heavy atom. The predicted octanol–water partition coefficient (Wildman–Crippen LogP) is 2.37. The van der Waals surface area contributed by atoms with Gasteiger partial charge in [-0.2, -0.15) is 0 Å². The van der Waals surface area contributed by atoms with Crippen LogP contribution in [0.3, 0.4) is 0 Å². The Bertz CT molecular complexity index is 837. The lowest BCUT2D eigenvalue weighted by Crippen LogP contribution is -2.36. The van der Waals surface area contributed by atoms with E-state index in [9.17, 15) is 44.4 Å². The van der Waals surface area contributed by atoms with Crippen LogP contribution in [0.1, 0.15) is 122 Å². The van der Waals surface area contributed by atoms with Gasteiger partial charge >= 0.3 is 17.9 Å². The zero-order chi connectivity index (χ0) is 33.9. The molecule has 0 aliphatic rings. The second-order valence-corrected chi connectivity index (χ2v) is 11.4. The van der Waals surface area contributed by atoms with Gasteiger partial charge in [-0.25, -0.2) is 0 Å². The molecule has 0 heterocycles. The molecule has 13 heteroatoms. The number of aliphatic hydroxyl groups is 4. The first-order valence-corrected chi connectivity index (χ1v) is 16.5. The Hall–Kier alpha value is -2.45. The molecule has 0 aromatic carbocycles. The Balaban J connectivity index is 3.87. The van der Waals surface area contributed by atoms with Gasteiger partial charge in [0, 0.05) is 19.3 Å². The van der Waals surface area contributed by atoms with E-state index in [0.29, 0.717) is 25.9 Å². The van der Waals surface area contributed by atoms with Crippen LogP contribution in [0.25, 0.3) is 0 Å². The van der Waals surface area contributed by atoms with Gasteiger partial charge in [0.05, 0.1) is 13.2 Å². The first kappa shape index (κ1) is 42.6. The molecule has 13 nitrogen and oxygen atoms in total. The highest BCUT2D eigenvalue weighted by Crippen LogP contribution is 2.10. The minimum absolute atomic E-state index is 0.00280. The van der Waals surface area contributed by atoms with Crippen LogP contribution in [0, 0.1) is 0 Å². The number of hydrogen-bond donors (Lipinski definition) is 6. The molecule has 0 rings (SSSR count). The van der Waals surface area contributed by atoms with Crippen molar-refractivity contribution in [2.45, 2.75) is 147 Å². The smallest absolute Gasteiger partial charge is 0.305 e. The molecule has 45 heavy (non-hydrogen) atoms. The lowest BCUT2D eigenvalue weighted by molar-refractivity contribution is -0.148. The van der Waals surface area contributed by atoms with Crippen LogP contribution < -0.4 is 5.32 Å². The summed E-state index contributed by atoms with van der Waals surface area (Å²) in [5, 5.41) is 51.4. The number of carboxylic acid groups (broad SMARTS) is 1. The van der Waals surface area contributed by atoms with Gasteiger partial charge in [0.15, 0.2) is 11.6 Å². The number of ketones is 2. The highest BCUT2D eigenvalue weighted by molar-refractivity contribution is 5.87. The second kappa shape index (κ2) is 27.8. The number of unbranched alkanes of at least 4 members (excludes halogenated alkanes) is 7. The molecule has 0 aliphatic heterocycles. The number of esters is 2. The number of ether oxygens (including phenoxy) is 2. The fourth-order valence-electron chi connectivity index (χ4n) is 4.46. The average molecular weight is 648 g/mol. The molecular formula is C32H57NO12. The van der Waals surface area contributed by atoms with E-state index in [2.05, 4.69) is 12.2 Å². The maximum absolute atomic E-state index is 12.2. The lowest BCUT2D eigenvalue weighted by atomic mass is 10.0. The molecule has 0 aliphatic carbocycles. The number of nitrogens with one attached hydrogen (secondary N) is 1. The Kier molecular flexibility index (Phi) is 26.3. The van der Waals surface area contributed by atoms with E-state index in [1.807, 2.05) is 0 Å². The summed E-state index contributed by atoms with van der Waals surface area (Å²) in [5.74, 6) is -3.32. The molecule has 0 aromatic heterocycles. The number of carbonyl (C=O) groups excluding carboxylic acids is 4. The summed E-state index contributed by atoms with van der Waals surface area (Å²) in [6.07, 6.45) is 3.52. The van der Waals surface area contributed by atoms with Crippen LogP contribution in [-0.2, 0) is 33.4 Å². The standard InChI is InChI=1S/C32H57NO12/c1-2-3-4-5-6-7-10-22-44-30(41)17-12-23-45-29(40)16-11-14-25(35)32(43)27(37)19-21-33-20-18-26(36)31(42)24(34)13-8-9-15-28(38)39/h24-27,33-37H,2-23H2,1H3,(H,38,39). The zero-order valence-corrected chi connectivity index (χ0v) is 27.0. The van der Waals surface area contributed by atoms with E-state index in [1.165, 1.54) is 25.7 Å². The number of carboxylic acids is 1. The van der Waals surface area contributed by atoms with Crippen LogP contribution in [0.15, 0.2) is 0 Å². The third kappa shape index (κ3) is 24.5. The molecule has 6 N–H and O–H groups in total. The summed E-state index contributed by atoms with van der Waals surface area (Å²) in [6, 6.07) is 0. The summed E-state index contributed by atoms with van der Waals surface area (Å²) in [5.41, 5.74) is 0. The molecule has 0 saturated heterocycles. The Morgan fingerprint density at radius 1 is 0.533 bits per heavy atom. The molecule has 0 saturated carbocycles. The topological polar surface area (TPSA) is 217 Å². The van der Waals surface area contributed by atoms with Gasteiger partial charge in [-0.3, -0.25) is 24.0 Å². The zero-order valence-electron chi connectivity index (χ0n) is 27.0. The van der Waals surface area contributed by atoms with Gasteiger partial charge in [0.2, 0.25) is 0 Å². The van der Waals surface area contributed by atoms with Crippen molar-refractivity contribution >= 4 is 29.5 Å². The normalized spacial score (nSPS) is 13.9. The summed E-state index contributed by atoms with van der Waals surface area (Å²) in [6.45, 7) is 2.98. The molecule has 0 fully saturated rings. The van der Waals surface area contributed by atoms with Crippen molar-refractivity contribution < 1.29 is 59.0 Å². The minimum Gasteiger partial charge on any atom is -0.481 e. The maximum Gasteiger partial charge on any atom is 0.305 e. The molecule has 0 spiro atoms. The Labute approximate surface area is 267 Å². The van der Waals surface area contributed by atoms with E-state index >= 15 is 0 Å². The van der Waals surface area contributed by atoms with Gasteiger partial charge in [-0.15, -0.1) is 0 Å². The fraction of sp³-hybridized carbons (Fsp3) is 0.844. The fourth-order valence-corrected chi connectivity index (χ4v) is 4.46. The van der Waals surface area contributed by atoms with E-state index in [0.717, 1.165) is 19.3 Å². The quantitative estimate of drug-likeness (QED) is 0.0471. The molecule has 262 valence electrons. The minimum atomic E-state index is -1.45. The van der Waals surface area contributed by atoms with Gasteiger partial charge < -0.3 is 40.3 Å². The van der Waals surface area contributed by atoms with Crippen molar-refractivity contribution in [3.63, 3.8) is 0 Å². The average Bonchev–Trinajstić information content (AvgIpc) is 3.01. The third-order valence-corrected chi connectivity index (χ3v) is 7.28. The van der Waals surface area contributed by atoms with Gasteiger partial charge in [0.25, 0.3) is 0 Å².